The first-order valence-electron chi connectivity index (χ1n) is 7.54. The van der Waals surface area contributed by atoms with E-state index in [0.717, 1.165) is 6.20 Å². The van der Waals surface area contributed by atoms with Crippen LogP contribution < -0.4 is 10.1 Å². The molecule has 1 aliphatic heterocycles. The smallest absolute Gasteiger partial charge is 0.350 e. The van der Waals surface area contributed by atoms with Crippen molar-refractivity contribution in [2.45, 2.75) is 33.5 Å². The third-order valence-corrected chi connectivity index (χ3v) is 3.03. The molecule has 1 saturated heterocycles. The van der Waals surface area contributed by atoms with E-state index in [-0.39, 0.29) is 22.9 Å². The molecule has 0 aliphatic carbocycles. The number of carbonyl (C=O) groups is 2. The minimum Gasteiger partial charge on any atom is -0.491 e. The van der Waals surface area contributed by atoms with Crippen molar-refractivity contribution in [2.75, 3.05) is 11.9 Å². The van der Waals surface area contributed by atoms with Gasteiger partial charge in [-0.25, -0.2) is 14.0 Å². The van der Waals surface area contributed by atoms with Gasteiger partial charge in [-0.15, -0.1) is 0 Å². The number of anilines is 1. The topological polar surface area (TPSA) is 73.9 Å². The first-order chi connectivity index (χ1) is 11.2. The van der Waals surface area contributed by atoms with Crippen LogP contribution in [0, 0.1) is 11.7 Å². The zero-order chi connectivity index (χ0) is 17.9. The van der Waals surface area contributed by atoms with Gasteiger partial charge in [0.2, 0.25) is 0 Å². The molecule has 1 fully saturated rings. The number of esters is 2. The number of nitrogens with one attached hydrogen (secondary N) is 1. The number of carbonyl (C=O) groups excluding carboxylic acids is 2. The highest BCUT2D eigenvalue weighted by atomic mass is 19.1. The van der Waals surface area contributed by atoms with Crippen molar-refractivity contribution in [3.8, 4) is 5.75 Å². The normalized spacial score (nSPS) is 16.5. The fourth-order valence-electron chi connectivity index (χ4n) is 1.94. The van der Waals surface area contributed by atoms with E-state index in [2.05, 4.69) is 5.32 Å². The number of ether oxygens (including phenoxy) is 3. The number of hydrogen-bond donors (Lipinski definition) is 1. The lowest BCUT2D eigenvalue weighted by Gasteiger charge is -2.29. The quantitative estimate of drug-likeness (QED) is 0.506. The van der Waals surface area contributed by atoms with Crippen molar-refractivity contribution in [1.29, 1.82) is 0 Å². The van der Waals surface area contributed by atoms with Crippen LogP contribution in [0.25, 0.3) is 0 Å². The number of para-hydroxylation sites is 1. The zero-order valence-corrected chi connectivity index (χ0v) is 14.0. The molecule has 6 nitrogen and oxygen atoms in total. The van der Waals surface area contributed by atoms with Gasteiger partial charge in [-0.05, 0) is 18.1 Å². The van der Waals surface area contributed by atoms with Gasteiger partial charge < -0.3 is 19.5 Å². The van der Waals surface area contributed by atoms with Crippen molar-refractivity contribution >= 4 is 17.6 Å². The Labute approximate surface area is 139 Å². The molecule has 1 aromatic rings. The number of benzene rings is 1. The largest absolute Gasteiger partial charge is 0.491 e. The molecular weight excluding hydrogens is 317 g/mol. The molecule has 7 heteroatoms. The molecular formula is C17H20FNO5. The van der Waals surface area contributed by atoms with Crippen molar-refractivity contribution in [3.63, 3.8) is 0 Å². The van der Waals surface area contributed by atoms with Gasteiger partial charge in [0.1, 0.15) is 17.3 Å². The lowest BCUT2D eigenvalue weighted by atomic mass is 10.2. The number of hydrogen-bond acceptors (Lipinski definition) is 6. The second-order valence-electron chi connectivity index (χ2n) is 6.20. The first kappa shape index (κ1) is 17.8. The molecule has 1 aliphatic rings. The fourth-order valence-corrected chi connectivity index (χ4v) is 1.94. The molecule has 0 saturated carbocycles. The molecule has 1 heterocycles. The predicted molar refractivity (Wildman–Crippen MR) is 84.7 cm³/mol. The SMILES string of the molecule is CC(C)COc1cccc(F)c1NC=C1C(=O)OC(C)(C)OC1=O. The second kappa shape index (κ2) is 6.90. The summed E-state index contributed by atoms with van der Waals surface area (Å²) in [5.41, 5.74) is -0.330. The Hall–Kier alpha value is -2.57. The minimum absolute atomic E-state index is 0.0242. The van der Waals surface area contributed by atoms with Gasteiger partial charge in [-0.2, -0.15) is 0 Å². The Morgan fingerprint density at radius 2 is 1.88 bits per heavy atom. The van der Waals surface area contributed by atoms with Gasteiger partial charge in [-0.3, -0.25) is 0 Å². The van der Waals surface area contributed by atoms with Crippen LogP contribution in [0.5, 0.6) is 5.75 Å². The van der Waals surface area contributed by atoms with Crippen LogP contribution in [0.4, 0.5) is 10.1 Å². The molecule has 2 rings (SSSR count). The van der Waals surface area contributed by atoms with Crippen molar-refractivity contribution < 1.29 is 28.2 Å². The molecule has 1 aromatic carbocycles. The lowest BCUT2D eigenvalue weighted by molar-refractivity contribution is -0.222. The first-order valence-corrected chi connectivity index (χ1v) is 7.54. The van der Waals surface area contributed by atoms with E-state index in [0.29, 0.717) is 6.61 Å². The van der Waals surface area contributed by atoms with E-state index in [1.165, 1.54) is 26.0 Å². The summed E-state index contributed by atoms with van der Waals surface area (Å²) in [7, 11) is 0. The second-order valence-corrected chi connectivity index (χ2v) is 6.20. The maximum Gasteiger partial charge on any atom is 0.350 e. The molecule has 0 atom stereocenters. The van der Waals surface area contributed by atoms with Gasteiger partial charge in [0.25, 0.3) is 5.79 Å². The van der Waals surface area contributed by atoms with Crippen molar-refractivity contribution in [2.24, 2.45) is 5.92 Å². The summed E-state index contributed by atoms with van der Waals surface area (Å²) >= 11 is 0. The number of rotatable bonds is 5. The average Bonchev–Trinajstić information content (AvgIpc) is 2.44. The Bertz CT molecular complexity index is 660. The van der Waals surface area contributed by atoms with Crippen LogP contribution in [0.1, 0.15) is 27.7 Å². The highest BCUT2D eigenvalue weighted by Crippen LogP contribution is 2.29. The molecule has 0 unspecified atom stereocenters. The zero-order valence-electron chi connectivity index (χ0n) is 14.0. The van der Waals surface area contributed by atoms with E-state index < -0.39 is 23.5 Å². The van der Waals surface area contributed by atoms with Crippen LogP contribution in [0.3, 0.4) is 0 Å². The van der Waals surface area contributed by atoms with E-state index in [1.807, 2.05) is 13.8 Å². The van der Waals surface area contributed by atoms with Crippen molar-refractivity contribution in [3.05, 3.63) is 35.8 Å². The summed E-state index contributed by atoms with van der Waals surface area (Å²) < 4.78 is 29.5. The summed E-state index contributed by atoms with van der Waals surface area (Å²) in [4.78, 5) is 23.7. The molecule has 0 bridgehead atoms. The molecule has 0 amide bonds. The molecule has 130 valence electrons. The summed E-state index contributed by atoms with van der Waals surface area (Å²) in [5.74, 6) is -3.06. The van der Waals surface area contributed by atoms with E-state index in [1.54, 1.807) is 6.07 Å². The van der Waals surface area contributed by atoms with Crippen molar-refractivity contribution in [1.82, 2.24) is 0 Å². The number of halogens is 1. The van der Waals surface area contributed by atoms with Gasteiger partial charge in [-0.1, -0.05) is 19.9 Å². The molecule has 0 radical (unpaired) electrons. The average molecular weight is 337 g/mol. The van der Waals surface area contributed by atoms with Crippen LogP contribution in [0.2, 0.25) is 0 Å². The highest BCUT2D eigenvalue weighted by molar-refractivity contribution is 6.15. The van der Waals surface area contributed by atoms with Gasteiger partial charge in [0, 0.05) is 20.0 Å². The van der Waals surface area contributed by atoms with Crippen LogP contribution in [-0.4, -0.2) is 24.3 Å². The summed E-state index contributed by atoms with van der Waals surface area (Å²) in [6.45, 7) is 7.21. The standard InChI is InChI=1S/C17H20FNO5/c1-10(2)9-22-13-7-5-6-12(18)14(13)19-8-11-15(20)23-17(3,4)24-16(11)21/h5-8,10,19H,9H2,1-4H3. The van der Waals surface area contributed by atoms with Crippen LogP contribution in [-0.2, 0) is 19.1 Å². The summed E-state index contributed by atoms with van der Waals surface area (Å²) in [5, 5.41) is 2.60. The van der Waals surface area contributed by atoms with Gasteiger partial charge >= 0.3 is 11.9 Å². The molecule has 0 aromatic heterocycles. The Morgan fingerprint density at radius 1 is 1.25 bits per heavy atom. The molecule has 24 heavy (non-hydrogen) atoms. The predicted octanol–water partition coefficient (Wildman–Crippen LogP) is 2.99. The van der Waals surface area contributed by atoms with E-state index in [4.69, 9.17) is 14.2 Å². The van der Waals surface area contributed by atoms with Gasteiger partial charge in [0.15, 0.2) is 5.57 Å². The Balaban J connectivity index is 2.22. The third-order valence-electron chi connectivity index (χ3n) is 3.03. The maximum absolute atomic E-state index is 14.0. The molecule has 1 N–H and O–H groups in total. The Morgan fingerprint density at radius 3 is 2.46 bits per heavy atom. The van der Waals surface area contributed by atoms with E-state index in [9.17, 15) is 14.0 Å². The lowest BCUT2D eigenvalue weighted by Crippen LogP contribution is -2.42. The monoisotopic (exact) mass is 337 g/mol. The molecule has 0 spiro atoms. The summed E-state index contributed by atoms with van der Waals surface area (Å²) in [6, 6.07) is 4.34. The third kappa shape index (κ3) is 4.24. The van der Waals surface area contributed by atoms with Crippen LogP contribution in [0.15, 0.2) is 30.0 Å². The number of cyclic esters (lactones) is 2. The van der Waals surface area contributed by atoms with Crippen LogP contribution >= 0.6 is 0 Å². The highest BCUT2D eigenvalue weighted by Gasteiger charge is 2.39. The fraction of sp³-hybridized carbons (Fsp3) is 0.412. The maximum atomic E-state index is 14.0. The van der Waals surface area contributed by atoms with Gasteiger partial charge in [0.05, 0.1) is 6.61 Å². The van der Waals surface area contributed by atoms with E-state index >= 15 is 0 Å². The minimum atomic E-state index is -1.32. The summed E-state index contributed by atoms with van der Waals surface area (Å²) in [6.07, 6.45) is 1.06. The Kier molecular flexibility index (Phi) is 5.11.